The van der Waals surface area contributed by atoms with E-state index < -0.39 is 0 Å². The average Bonchev–Trinajstić information content (AvgIpc) is 2.29. The SMILES string of the molecule is CCCCN(CCO)Cc1cnc(Cl)cn1. The predicted octanol–water partition coefficient (Wildman–Crippen LogP) is 1.72. The van der Waals surface area contributed by atoms with E-state index in [0.29, 0.717) is 18.2 Å². The number of halogens is 1. The molecule has 0 spiro atoms. The molecule has 0 saturated heterocycles. The van der Waals surface area contributed by atoms with Crippen molar-refractivity contribution in [3.63, 3.8) is 0 Å². The molecule has 0 aliphatic rings. The molecule has 0 amide bonds. The predicted molar refractivity (Wildman–Crippen MR) is 64.3 cm³/mol. The first-order valence-electron chi connectivity index (χ1n) is 5.56. The molecule has 0 fully saturated rings. The standard InChI is InChI=1S/C11H18ClN3O/c1-2-3-4-15(5-6-16)9-10-7-14-11(12)8-13-10/h7-8,16H,2-6,9H2,1H3. The normalized spacial score (nSPS) is 11.0. The maximum atomic E-state index is 8.96. The number of unbranched alkanes of at least 4 members (excludes halogenated alkanes) is 1. The molecule has 0 aromatic carbocycles. The molecule has 0 bridgehead atoms. The maximum Gasteiger partial charge on any atom is 0.147 e. The molecule has 0 radical (unpaired) electrons. The van der Waals surface area contributed by atoms with Crippen molar-refractivity contribution in [1.82, 2.24) is 14.9 Å². The zero-order valence-electron chi connectivity index (χ0n) is 9.56. The van der Waals surface area contributed by atoms with E-state index in [1.807, 2.05) is 0 Å². The van der Waals surface area contributed by atoms with Crippen LogP contribution in [0.15, 0.2) is 12.4 Å². The number of nitrogens with zero attached hydrogens (tertiary/aromatic N) is 3. The molecule has 1 heterocycles. The van der Waals surface area contributed by atoms with Gasteiger partial charge in [-0.1, -0.05) is 24.9 Å². The van der Waals surface area contributed by atoms with Gasteiger partial charge in [0.2, 0.25) is 0 Å². The Balaban J connectivity index is 2.49. The second-order valence-corrected chi connectivity index (χ2v) is 4.07. The first kappa shape index (κ1) is 13.4. The summed E-state index contributed by atoms with van der Waals surface area (Å²) in [7, 11) is 0. The number of aliphatic hydroxyl groups excluding tert-OH is 1. The summed E-state index contributed by atoms with van der Waals surface area (Å²) in [5.41, 5.74) is 0.883. The molecule has 0 aliphatic carbocycles. The fourth-order valence-corrected chi connectivity index (χ4v) is 1.54. The maximum absolute atomic E-state index is 8.96. The molecule has 0 aliphatic heterocycles. The van der Waals surface area contributed by atoms with Gasteiger partial charge in [0, 0.05) is 13.1 Å². The molecule has 1 aromatic rings. The third kappa shape index (κ3) is 4.88. The van der Waals surface area contributed by atoms with E-state index in [9.17, 15) is 0 Å². The smallest absolute Gasteiger partial charge is 0.147 e. The van der Waals surface area contributed by atoms with E-state index >= 15 is 0 Å². The van der Waals surface area contributed by atoms with Gasteiger partial charge in [-0.05, 0) is 13.0 Å². The summed E-state index contributed by atoms with van der Waals surface area (Å²) in [6.45, 7) is 4.68. The monoisotopic (exact) mass is 243 g/mol. The van der Waals surface area contributed by atoms with Crippen LogP contribution in [0.25, 0.3) is 0 Å². The zero-order chi connectivity index (χ0) is 11.8. The molecular weight excluding hydrogens is 226 g/mol. The average molecular weight is 244 g/mol. The second-order valence-electron chi connectivity index (χ2n) is 3.68. The van der Waals surface area contributed by atoms with E-state index in [1.165, 1.54) is 0 Å². The minimum atomic E-state index is 0.171. The molecule has 0 atom stereocenters. The summed E-state index contributed by atoms with van der Waals surface area (Å²) in [5.74, 6) is 0. The highest BCUT2D eigenvalue weighted by atomic mass is 35.5. The van der Waals surface area contributed by atoms with Crippen LogP contribution in [0.1, 0.15) is 25.5 Å². The first-order valence-corrected chi connectivity index (χ1v) is 5.93. The molecule has 90 valence electrons. The fraction of sp³-hybridized carbons (Fsp3) is 0.636. The van der Waals surface area contributed by atoms with Gasteiger partial charge in [-0.25, -0.2) is 4.98 Å². The lowest BCUT2D eigenvalue weighted by atomic mass is 10.3. The lowest BCUT2D eigenvalue weighted by Gasteiger charge is -2.20. The Morgan fingerprint density at radius 3 is 2.69 bits per heavy atom. The van der Waals surface area contributed by atoms with Crippen LogP contribution in [0.2, 0.25) is 5.15 Å². The van der Waals surface area contributed by atoms with Crippen molar-refractivity contribution in [2.75, 3.05) is 19.7 Å². The lowest BCUT2D eigenvalue weighted by molar-refractivity contribution is 0.187. The molecule has 1 aromatic heterocycles. The van der Waals surface area contributed by atoms with E-state index in [4.69, 9.17) is 16.7 Å². The van der Waals surface area contributed by atoms with Crippen LogP contribution in [0.3, 0.4) is 0 Å². The highest BCUT2D eigenvalue weighted by Crippen LogP contribution is 2.05. The van der Waals surface area contributed by atoms with Gasteiger partial charge in [0.25, 0.3) is 0 Å². The van der Waals surface area contributed by atoms with Gasteiger partial charge < -0.3 is 5.11 Å². The van der Waals surface area contributed by atoms with Crippen LogP contribution in [0, 0.1) is 0 Å². The van der Waals surface area contributed by atoms with E-state index in [0.717, 1.165) is 25.1 Å². The molecule has 16 heavy (non-hydrogen) atoms. The summed E-state index contributed by atoms with van der Waals surface area (Å²) in [4.78, 5) is 10.3. The Morgan fingerprint density at radius 2 is 2.12 bits per heavy atom. The van der Waals surface area contributed by atoms with Gasteiger partial charge in [-0.2, -0.15) is 0 Å². The van der Waals surface area contributed by atoms with Gasteiger partial charge in [-0.3, -0.25) is 9.88 Å². The zero-order valence-corrected chi connectivity index (χ0v) is 10.3. The quantitative estimate of drug-likeness (QED) is 0.792. The van der Waals surface area contributed by atoms with Gasteiger partial charge in [0.1, 0.15) is 5.15 Å². The Hall–Kier alpha value is -0.710. The summed E-state index contributed by atoms with van der Waals surface area (Å²) < 4.78 is 0. The molecule has 1 N–H and O–H groups in total. The third-order valence-electron chi connectivity index (χ3n) is 2.30. The Morgan fingerprint density at radius 1 is 1.31 bits per heavy atom. The largest absolute Gasteiger partial charge is 0.395 e. The molecular formula is C11H18ClN3O. The van der Waals surface area contributed by atoms with E-state index in [2.05, 4.69) is 21.8 Å². The lowest BCUT2D eigenvalue weighted by Crippen LogP contribution is -2.28. The second kappa shape index (κ2) is 7.54. The van der Waals surface area contributed by atoms with Crippen LogP contribution >= 0.6 is 11.6 Å². The number of rotatable bonds is 7. The minimum absolute atomic E-state index is 0.171. The van der Waals surface area contributed by atoms with Gasteiger partial charge in [0.05, 0.1) is 24.7 Å². The number of hydrogen-bond donors (Lipinski definition) is 1. The van der Waals surface area contributed by atoms with Gasteiger partial charge in [0.15, 0.2) is 0 Å². The molecule has 5 heteroatoms. The van der Waals surface area contributed by atoms with Gasteiger partial charge >= 0.3 is 0 Å². The van der Waals surface area contributed by atoms with Crippen molar-refractivity contribution in [1.29, 1.82) is 0 Å². The molecule has 4 nitrogen and oxygen atoms in total. The van der Waals surface area contributed by atoms with Crippen LogP contribution in [-0.2, 0) is 6.54 Å². The van der Waals surface area contributed by atoms with Crippen LogP contribution in [0.5, 0.6) is 0 Å². The molecule has 1 rings (SSSR count). The number of aliphatic hydroxyl groups is 1. The Kier molecular flexibility index (Phi) is 6.30. The summed E-state index contributed by atoms with van der Waals surface area (Å²) >= 11 is 5.67. The first-order chi connectivity index (χ1) is 7.76. The molecule has 0 unspecified atom stereocenters. The van der Waals surface area contributed by atoms with Crippen molar-refractivity contribution in [3.05, 3.63) is 23.2 Å². The van der Waals surface area contributed by atoms with Crippen molar-refractivity contribution in [2.24, 2.45) is 0 Å². The fourth-order valence-electron chi connectivity index (χ4n) is 1.44. The summed E-state index contributed by atoms with van der Waals surface area (Å²) in [6.07, 6.45) is 5.50. The molecule has 0 saturated carbocycles. The van der Waals surface area contributed by atoms with Crippen LogP contribution in [-0.4, -0.2) is 39.7 Å². The van der Waals surface area contributed by atoms with Crippen molar-refractivity contribution in [3.8, 4) is 0 Å². The Bertz CT molecular complexity index is 292. The third-order valence-corrected chi connectivity index (χ3v) is 2.50. The van der Waals surface area contributed by atoms with Gasteiger partial charge in [-0.15, -0.1) is 0 Å². The summed E-state index contributed by atoms with van der Waals surface area (Å²) in [5, 5.41) is 9.37. The van der Waals surface area contributed by atoms with Crippen LogP contribution < -0.4 is 0 Å². The highest BCUT2D eigenvalue weighted by Gasteiger charge is 2.06. The number of aromatic nitrogens is 2. The van der Waals surface area contributed by atoms with E-state index in [1.54, 1.807) is 12.4 Å². The summed E-state index contributed by atoms with van der Waals surface area (Å²) in [6, 6.07) is 0. The highest BCUT2D eigenvalue weighted by molar-refractivity contribution is 6.29. The van der Waals surface area contributed by atoms with Crippen molar-refractivity contribution < 1.29 is 5.11 Å². The Labute approximate surface area is 101 Å². The minimum Gasteiger partial charge on any atom is -0.395 e. The van der Waals surface area contributed by atoms with Crippen molar-refractivity contribution in [2.45, 2.75) is 26.3 Å². The topological polar surface area (TPSA) is 49.2 Å². The number of hydrogen-bond acceptors (Lipinski definition) is 4. The van der Waals surface area contributed by atoms with E-state index in [-0.39, 0.29) is 6.61 Å². The van der Waals surface area contributed by atoms with Crippen LogP contribution in [0.4, 0.5) is 0 Å². The van der Waals surface area contributed by atoms with Crippen molar-refractivity contribution >= 4 is 11.6 Å².